The Kier molecular flexibility index (Phi) is 4.37. The summed E-state index contributed by atoms with van der Waals surface area (Å²) in [5.74, 6) is 0.870. The molecule has 3 heteroatoms. The van der Waals surface area contributed by atoms with Crippen molar-refractivity contribution in [1.82, 2.24) is 10.2 Å². The van der Waals surface area contributed by atoms with Crippen LogP contribution in [0.5, 0.6) is 0 Å². The highest BCUT2D eigenvalue weighted by Crippen LogP contribution is 2.47. The first-order chi connectivity index (χ1) is 8.68. The van der Waals surface area contributed by atoms with Gasteiger partial charge in [-0.25, -0.2) is 0 Å². The fraction of sp³-hybridized carbons (Fsp3) is 0.533. The number of amides is 1. The summed E-state index contributed by atoms with van der Waals surface area (Å²) in [7, 11) is 4.10. The largest absolute Gasteiger partial charge is 0.356 e. The molecule has 3 nitrogen and oxygen atoms in total. The molecule has 1 fully saturated rings. The minimum absolute atomic E-state index is 0.201. The van der Waals surface area contributed by atoms with E-state index < -0.39 is 0 Å². The number of benzene rings is 1. The van der Waals surface area contributed by atoms with Crippen LogP contribution in [0, 0.1) is 5.92 Å². The van der Waals surface area contributed by atoms with Gasteiger partial charge in [0, 0.05) is 12.5 Å². The summed E-state index contributed by atoms with van der Waals surface area (Å²) < 4.78 is 0. The molecular weight excluding hydrogens is 224 g/mol. The lowest BCUT2D eigenvalue weighted by Gasteiger charge is -2.09. The Hall–Kier alpha value is -1.35. The molecule has 2 atom stereocenters. The van der Waals surface area contributed by atoms with Crippen LogP contribution >= 0.6 is 0 Å². The van der Waals surface area contributed by atoms with E-state index in [4.69, 9.17) is 0 Å². The average molecular weight is 246 g/mol. The highest BCUT2D eigenvalue weighted by molar-refractivity contribution is 5.82. The van der Waals surface area contributed by atoms with E-state index in [1.54, 1.807) is 0 Å². The van der Waals surface area contributed by atoms with Crippen molar-refractivity contribution in [2.45, 2.75) is 18.8 Å². The van der Waals surface area contributed by atoms with Gasteiger partial charge in [0.2, 0.25) is 5.91 Å². The van der Waals surface area contributed by atoms with Gasteiger partial charge in [-0.1, -0.05) is 30.3 Å². The standard InChI is InChI=1S/C15H22N2O/c1-17(2)10-6-9-16-15(18)14-11-13(14)12-7-4-3-5-8-12/h3-5,7-8,13-14H,6,9-11H2,1-2H3,(H,16,18)/t13-,14-/m0/s1. The van der Waals surface area contributed by atoms with Crippen LogP contribution in [0.1, 0.15) is 24.3 Å². The number of rotatable bonds is 6. The Morgan fingerprint density at radius 1 is 1.33 bits per heavy atom. The van der Waals surface area contributed by atoms with Gasteiger partial charge < -0.3 is 10.2 Å². The van der Waals surface area contributed by atoms with Crippen LogP contribution in [0.25, 0.3) is 0 Å². The van der Waals surface area contributed by atoms with Gasteiger partial charge in [0.1, 0.15) is 0 Å². The first-order valence-electron chi connectivity index (χ1n) is 6.66. The second-order valence-electron chi connectivity index (χ2n) is 5.31. The van der Waals surface area contributed by atoms with Crippen LogP contribution in [0.15, 0.2) is 30.3 Å². The molecule has 1 aliphatic carbocycles. The molecule has 0 radical (unpaired) electrons. The monoisotopic (exact) mass is 246 g/mol. The number of hydrogen-bond acceptors (Lipinski definition) is 2. The SMILES string of the molecule is CN(C)CCCNC(=O)[C@H]1C[C@H]1c1ccccc1. The van der Waals surface area contributed by atoms with Crippen molar-refractivity contribution < 1.29 is 4.79 Å². The van der Waals surface area contributed by atoms with E-state index in [2.05, 4.69) is 22.3 Å². The third-order valence-corrected chi connectivity index (χ3v) is 3.44. The van der Waals surface area contributed by atoms with E-state index in [9.17, 15) is 4.79 Å². The molecule has 0 spiro atoms. The van der Waals surface area contributed by atoms with Crippen molar-refractivity contribution in [3.8, 4) is 0 Å². The van der Waals surface area contributed by atoms with Crippen molar-refractivity contribution in [2.24, 2.45) is 5.92 Å². The topological polar surface area (TPSA) is 32.3 Å². The minimum Gasteiger partial charge on any atom is -0.356 e. The normalized spacial score (nSPS) is 21.9. The molecule has 1 saturated carbocycles. The molecule has 18 heavy (non-hydrogen) atoms. The summed E-state index contributed by atoms with van der Waals surface area (Å²) in [4.78, 5) is 14.0. The summed E-state index contributed by atoms with van der Waals surface area (Å²) in [5.41, 5.74) is 1.30. The van der Waals surface area contributed by atoms with E-state index in [0.717, 1.165) is 25.9 Å². The third kappa shape index (κ3) is 3.57. The number of nitrogens with zero attached hydrogens (tertiary/aromatic N) is 1. The van der Waals surface area contributed by atoms with Crippen LogP contribution in [-0.4, -0.2) is 38.0 Å². The van der Waals surface area contributed by atoms with Crippen molar-refractivity contribution in [2.75, 3.05) is 27.2 Å². The molecule has 1 aliphatic rings. The third-order valence-electron chi connectivity index (χ3n) is 3.44. The van der Waals surface area contributed by atoms with Crippen LogP contribution in [0.4, 0.5) is 0 Å². The summed E-state index contributed by atoms with van der Waals surface area (Å²) in [6.07, 6.45) is 2.02. The Morgan fingerprint density at radius 2 is 2.06 bits per heavy atom. The van der Waals surface area contributed by atoms with E-state index in [1.807, 2.05) is 32.3 Å². The molecule has 0 aromatic heterocycles. The average Bonchev–Trinajstić information content (AvgIpc) is 3.15. The molecule has 1 amide bonds. The number of nitrogens with one attached hydrogen (secondary N) is 1. The predicted molar refractivity (Wildman–Crippen MR) is 73.5 cm³/mol. The van der Waals surface area contributed by atoms with E-state index in [1.165, 1.54) is 5.56 Å². The lowest BCUT2D eigenvalue weighted by Crippen LogP contribution is -2.28. The molecular formula is C15H22N2O. The Labute approximate surface area is 109 Å². The maximum absolute atomic E-state index is 11.9. The van der Waals surface area contributed by atoms with Crippen molar-refractivity contribution in [1.29, 1.82) is 0 Å². The number of carbonyl (C=O) groups is 1. The number of carbonyl (C=O) groups excluding carboxylic acids is 1. The fourth-order valence-corrected chi connectivity index (χ4v) is 2.29. The summed E-state index contributed by atoms with van der Waals surface area (Å²) in [6.45, 7) is 1.81. The lowest BCUT2D eigenvalue weighted by molar-refractivity contribution is -0.122. The van der Waals surface area contributed by atoms with E-state index in [-0.39, 0.29) is 11.8 Å². The fourth-order valence-electron chi connectivity index (χ4n) is 2.29. The van der Waals surface area contributed by atoms with Gasteiger partial charge in [-0.05, 0) is 45.0 Å². The molecule has 98 valence electrons. The Morgan fingerprint density at radius 3 is 2.72 bits per heavy atom. The van der Waals surface area contributed by atoms with Gasteiger partial charge in [-0.2, -0.15) is 0 Å². The van der Waals surface area contributed by atoms with Gasteiger partial charge in [0.25, 0.3) is 0 Å². The smallest absolute Gasteiger partial charge is 0.223 e. The van der Waals surface area contributed by atoms with Gasteiger partial charge in [0.05, 0.1) is 0 Å². The molecule has 0 unspecified atom stereocenters. The summed E-state index contributed by atoms with van der Waals surface area (Å²) >= 11 is 0. The predicted octanol–water partition coefficient (Wildman–Crippen LogP) is 1.86. The molecule has 1 N–H and O–H groups in total. The molecule has 0 aliphatic heterocycles. The molecule has 0 saturated heterocycles. The zero-order chi connectivity index (χ0) is 13.0. The second-order valence-corrected chi connectivity index (χ2v) is 5.31. The van der Waals surface area contributed by atoms with Crippen LogP contribution in [-0.2, 0) is 4.79 Å². The van der Waals surface area contributed by atoms with Crippen LogP contribution in [0.3, 0.4) is 0 Å². The van der Waals surface area contributed by atoms with Gasteiger partial charge >= 0.3 is 0 Å². The van der Waals surface area contributed by atoms with Gasteiger partial charge in [-0.3, -0.25) is 4.79 Å². The van der Waals surface area contributed by atoms with Crippen LogP contribution < -0.4 is 5.32 Å². The zero-order valence-corrected chi connectivity index (χ0v) is 11.2. The highest BCUT2D eigenvalue weighted by Gasteiger charge is 2.43. The summed E-state index contributed by atoms with van der Waals surface area (Å²) in [5, 5.41) is 3.03. The van der Waals surface area contributed by atoms with Gasteiger partial charge in [-0.15, -0.1) is 0 Å². The van der Waals surface area contributed by atoms with Crippen molar-refractivity contribution >= 4 is 5.91 Å². The van der Waals surface area contributed by atoms with Gasteiger partial charge in [0.15, 0.2) is 0 Å². The molecule has 1 aromatic carbocycles. The summed E-state index contributed by atoms with van der Waals surface area (Å²) in [6, 6.07) is 10.3. The lowest BCUT2D eigenvalue weighted by atomic mass is 10.1. The highest BCUT2D eigenvalue weighted by atomic mass is 16.2. The van der Waals surface area contributed by atoms with Crippen molar-refractivity contribution in [3.63, 3.8) is 0 Å². The molecule has 2 rings (SSSR count). The first kappa shape index (κ1) is 13.1. The van der Waals surface area contributed by atoms with Crippen LogP contribution in [0.2, 0.25) is 0 Å². The molecule has 1 aromatic rings. The quantitative estimate of drug-likeness (QED) is 0.777. The second kappa shape index (κ2) is 6.01. The zero-order valence-electron chi connectivity index (χ0n) is 11.2. The first-order valence-corrected chi connectivity index (χ1v) is 6.66. The number of hydrogen-bond donors (Lipinski definition) is 1. The van der Waals surface area contributed by atoms with E-state index >= 15 is 0 Å². The Balaban J connectivity index is 1.70. The molecule has 0 heterocycles. The molecule has 0 bridgehead atoms. The maximum atomic E-state index is 11.9. The Bertz CT molecular complexity index is 389. The minimum atomic E-state index is 0.201. The van der Waals surface area contributed by atoms with E-state index in [0.29, 0.717) is 5.92 Å². The van der Waals surface area contributed by atoms with Crippen molar-refractivity contribution in [3.05, 3.63) is 35.9 Å². The maximum Gasteiger partial charge on any atom is 0.223 e.